The molecular weight excluding hydrogens is 234 g/mol. The SMILES string of the molecule is CC1(OC(F)(F)[CH-]F)CC1.[Y]. The predicted octanol–water partition coefficient (Wildman–Crippen LogP) is 2.28. The zero-order valence-corrected chi connectivity index (χ0v) is 8.95. The van der Waals surface area contributed by atoms with E-state index in [1.54, 1.807) is 0 Å². The number of ether oxygens (including phenoxy) is 1. The smallest absolute Gasteiger partial charge is 0.258 e. The van der Waals surface area contributed by atoms with Crippen LogP contribution in [0.1, 0.15) is 19.8 Å². The topological polar surface area (TPSA) is 9.23 Å². The van der Waals surface area contributed by atoms with Gasteiger partial charge in [-0.2, -0.15) is 0 Å². The molecule has 0 heterocycles. The van der Waals surface area contributed by atoms with Crippen molar-refractivity contribution in [2.75, 3.05) is 0 Å². The van der Waals surface area contributed by atoms with Crippen LogP contribution in [0.5, 0.6) is 0 Å². The Hall–Kier alpha value is 0.854. The van der Waals surface area contributed by atoms with Crippen molar-refractivity contribution in [3.63, 3.8) is 0 Å². The molecule has 0 aromatic carbocycles. The molecule has 0 saturated heterocycles. The molecule has 0 aliphatic heterocycles. The van der Waals surface area contributed by atoms with Gasteiger partial charge in [0.2, 0.25) is 0 Å². The van der Waals surface area contributed by atoms with Crippen LogP contribution < -0.4 is 0 Å². The molecule has 0 aromatic heterocycles. The molecule has 1 aliphatic carbocycles. The normalized spacial score (nSPS) is 20.7. The van der Waals surface area contributed by atoms with Crippen molar-refractivity contribution >= 4 is 0 Å². The first-order valence-corrected chi connectivity index (χ1v) is 3.00. The van der Waals surface area contributed by atoms with Crippen LogP contribution in [0.3, 0.4) is 0 Å². The van der Waals surface area contributed by atoms with Crippen molar-refractivity contribution in [1.29, 1.82) is 0 Å². The molecule has 0 unspecified atom stereocenters. The molecule has 1 fully saturated rings. The summed E-state index contributed by atoms with van der Waals surface area (Å²) in [5, 5.41) is 0. The Morgan fingerprint density at radius 1 is 1.45 bits per heavy atom. The van der Waals surface area contributed by atoms with E-state index < -0.39 is 18.4 Å². The average molecular weight is 242 g/mol. The third-order valence-corrected chi connectivity index (χ3v) is 1.46. The second kappa shape index (κ2) is 3.71. The minimum absolute atomic E-state index is 0. The molecule has 1 saturated carbocycles. The number of hydrogen-bond donors (Lipinski definition) is 0. The Kier molecular flexibility index (Phi) is 4.00. The van der Waals surface area contributed by atoms with Crippen LogP contribution in [0, 0.1) is 6.67 Å². The Morgan fingerprint density at radius 2 is 1.91 bits per heavy atom. The van der Waals surface area contributed by atoms with E-state index in [1.165, 1.54) is 6.92 Å². The van der Waals surface area contributed by atoms with Crippen molar-refractivity contribution in [2.24, 2.45) is 0 Å². The molecule has 0 atom stereocenters. The number of halogens is 3. The van der Waals surface area contributed by atoms with Gasteiger partial charge in [-0.05, 0) is 19.8 Å². The summed E-state index contributed by atoms with van der Waals surface area (Å²) in [4.78, 5) is 0. The van der Waals surface area contributed by atoms with Crippen LogP contribution in [0.25, 0.3) is 0 Å². The molecule has 0 amide bonds. The average Bonchev–Trinajstić information content (AvgIpc) is 2.47. The standard InChI is InChI=1S/C6H8F3O.Y/c1-5(2-3-5)10-6(8,9)4-7;/h4H,2-3H2,1H3;/q-1;. The summed E-state index contributed by atoms with van der Waals surface area (Å²) in [7, 11) is 0. The predicted molar refractivity (Wildman–Crippen MR) is 29.1 cm³/mol. The summed E-state index contributed by atoms with van der Waals surface area (Å²) in [5.41, 5.74) is -0.786. The maximum absolute atomic E-state index is 12.0. The van der Waals surface area contributed by atoms with E-state index in [-0.39, 0.29) is 32.7 Å². The minimum Gasteiger partial charge on any atom is -0.451 e. The molecule has 5 heteroatoms. The van der Waals surface area contributed by atoms with Gasteiger partial charge in [-0.15, -0.1) is 0 Å². The van der Waals surface area contributed by atoms with E-state index in [0.717, 1.165) is 0 Å². The number of hydrogen-bond acceptors (Lipinski definition) is 1. The monoisotopic (exact) mass is 242 g/mol. The molecule has 1 rings (SSSR count). The molecule has 1 radical (unpaired) electrons. The molecule has 0 N–H and O–H groups in total. The Bertz CT molecular complexity index is 136. The van der Waals surface area contributed by atoms with Crippen LogP contribution in [-0.4, -0.2) is 11.7 Å². The van der Waals surface area contributed by atoms with Gasteiger partial charge in [0.1, 0.15) is 0 Å². The zero-order chi connectivity index (χ0) is 7.83. The van der Waals surface area contributed by atoms with Gasteiger partial charge in [0.15, 0.2) is 0 Å². The van der Waals surface area contributed by atoms with Crippen molar-refractivity contribution in [3.05, 3.63) is 6.67 Å². The second-order valence-corrected chi connectivity index (χ2v) is 2.72. The van der Waals surface area contributed by atoms with Gasteiger partial charge < -0.3 is 9.13 Å². The van der Waals surface area contributed by atoms with E-state index in [1.807, 2.05) is 0 Å². The first kappa shape index (κ1) is 11.9. The largest absolute Gasteiger partial charge is 0.451 e. The van der Waals surface area contributed by atoms with Crippen molar-refractivity contribution in [1.82, 2.24) is 0 Å². The van der Waals surface area contributed by atoms with Gasteiger partial charge in [0, 0.05) is 32.7 Å². The maximum Gasteiger partial charge on any atom is 0.258 e. The molecular formula is C6H8F3OY-. The summed E-state index contributed by atoms with van der Waals surface area (Å²) in [6, 6.07) is 0. The molecule has 0 spiro atoms. The molecule has 63 valence electrons. The fourth-order valence-electron chi connectivity index (χ4n) is 0.629. The number of alkyl halides is 2. The Labute approximate surface area is 88.6 Å². The summed E-state index contributed by atoms with van der Waals surface area (Å²) in [5.74, 6) is 0. The minimum atomic E-state index is -3.70. The van der Waals surface area contributed by atoms with Gasteiger partial charge in [-0.1, -0.05) is 6.67 Å². The van der Waals surface area contributed by atoms with Gasteiger partial charge in [0.05, 0.1) is 5.60 Å². The summed E-state index contributed by atoms with van der Waals surface area (Å²) in [6.07, 6.45) is -2.54. The van der Waals surface area contributed by atoms with Crippen LogP contribution in [0.4, 0.5) is 13.2 Å². The van der Waals surface area contributed by atoms with Crippen LogP contribution in [0.2, 0.25) is 0 Å². The van der Waals surface area contributed by atoms with E-state index in [0.29, 0.717) is 12.8 Å². The number of rotatable bonds is 3. The van der Waals surface area contributed by atoms with E-state index in [2.05, 4.69) is 4.74 Å². The van der Waals surface area contributed by atoms with E-state index >= 15 is 0 Å². The third kappa shape index (κ3) is 3.86. The molecule has 11 heavy (non-hydrogen) atoms. The summed E-state index contributed by atoms with van der Waals surface area (Å²) >= 11 is 0. The van der Waals surface area contributed by atoms with Gasteiger partial charge in [0.25, 0.3) is 6.11 Å². The van der Waals surface area contributed by atoms with Gasteiger partial charge in [-0.3, -0.25) is 0 Å². The first-order valence-electron chi connectivity index (χ1n) is 3.00. The van der Waals surface area contributed by atoms with Crippen molar-refractivity contribution in [2.45, 2.75) is 31.5 Å². The molecule has 1 aliphatic rings. The quantitative estimate of drug-likeness (QED) is 0.690. The fourth-order valence-corrected chi connectivity index (χ4v) is 0.629. The van der Waals surface area contributed by atoms with Crippen LogP contribution in [0.15, 0.2) is 0 Å². The molecule has 0 aromatic rings. The summed E-state index contributed by atoms with van der Waals surface area (Å²) < 4.78 is 39.5. The van der Waals surface area contributed by atoms with Crippen molar-refractivity contribution < 1.29 is 50.6 Å². The Morgan fingerprint density at radius 3 is 2.18 bits per heavy atom. The van der Waals surface area contributed by atoms with Gasteiger partial charge >= 0.3 is 0 Å². The van der Waals surface area contributed by atoms with Crippen LogP contribution >= 0.6 is 0 Å². The fraction of sp³-hybridized carbons (Fsp3) is 0.833. The van der Waals surface area contributed by atoms with Crippen molar-refractivity contribution in [3.8, 4) is 0 Å². The van der Waals surface area contributed by atoms with E-state index in [4.69, 9.17) is 0 Å². The molecule has 1 nitrogen and oxygen atoms in total. The third-order valence-electron chi connectivity index (χ3n) is 1.46. The van der Waals surface area contributed by atoms with Gasteiger partial charge in [-0.25, -0.2) is 8.78 Å². The summed E-state index contributed by atoms with van der Waals surface area (Å²) in [6.45, 7) is 0.807. The molecule has 0 bridgehead atoms. The first-order chi connectivity index (χ1) is 4.47. The van der Waals surface area contributed by atoms with E-state index in [9.17, 15) is 13.2 Å². The zero-order valence-electron chi connectivity index (χ0n) is 6.11. The van der Waals surface area contributed by atoms with Crippen LogP contribution in [-0.2, 0) is 37.4 Å². The maximum atomic E-state index is 12.0. The Balaban J connectivity index is 0.000001000. The second-order valence-electron chi connectivity index (χ2n) is 2.72.